The first-order valence-electron chi connectivity index (χ1n) is 7.38. The first-order chi connectivity index (χ1) is 10.5. The molecular weight excluding hydrogens is 373 g/mol. The Balaban J connectivity index is 1.77. The molecule has 5 nitrogen and oxygen atoms in total. The van der Waals surface area contributed by atoms with Crippen LogP contribution in [-0.2, 0) is 10.0 Å². The number of hydrogen-bond acceptors (Lipinski definition) is 4. The number of halogens is 2. The van der Waals surface area contributed by atoms with Crippen LogP contribution in [0.1, 0.15) is 6.42 Å². The van der Waals surface area contributed by atoms with Crippen molar-refractivity contribution in [3.05, 3.63) is 28.5 Å². The van der Waals surface area contributed by atoms with Gasteiger partial charge in [0.15, 0.2) is 0 Å². The van der Waals surface area contributed by atoms with E-state index in [1.165, 1.54) is 16.4 Å². The first kappa shape index (κ1) is 16.3. The van der Waals surface area contributed by atoms with Crippen molar-refractivity contribution in [1.29, 1.82) is 0 Å². The van der Waals surface area contributed by atoms with Crippen molar-refractivity contribution in [2.45, 2.75) is 17.4 Å². The molecule has 0 spiro atoms. The molecule has 0 radical (unpaired) electrons. The summed E-state index contributed by atoms with van der Waals surface area (Å²) in [5.74, 6) is -0.542. The van der Waals surface area contributed by atoms with Gasteiger partial charge >= 0.3 is 0 Å². The summed E-state index contributed by atoms with van der Waals surface area (Å²) in [6, 6.07) is 4.02. The SMILES string of the molecule is O=S(=O)(c1cc(F)ccc1Br)N1CCC(N2CCNCC2)C1. The normalized spacial score (nSPS) is 24.7. The summed E-state index contributed by atoms with van der Waals surface area (Å²) in [6.07, 6.45) is 0.826. The maximum atomic E-state index is 13.4. The third-order valence-corrected chi connectivity index (χ3v) is 7.16. The van der Waals surface area contributed by atoms with Crippen molar-refractivity contribution in [2.75, 3.05) is 39.3 Å². The molecule has 122 valence electrons. The van der Waals surface area contributed by atoms with Gasteiger partial charge in [-0.3, -0.25) is 4.90 Å². The molecule has 0 aliphatic carbocycles. The molecule has 2 aliphatic rings. The number of sulfonamides is 1. The molecular formula is C14H19BrFN3O2S. The van der Waals surface area contributed by atoms with Gasteiger partial charge in [0.1, 0.15) is 5.82 Å². The fourth-order valence-corrected chi connectivity index (χ4v) is 5.52. The van der Waals surface area contributed by atoms with E-state index < -0.39 is 15.8 Å². The summed E-state index contributed by atoms with van der Waals surface area (Å²) in [5, 5.41) is 3.30. The molecule has 8 heteroatoms. The van der Waals surface area contributed by atoms with Crippen molar-refractivity contribution >= 4 is 26.0 Å². The number of nitrogens with zero attached hydrogens (tertiary/aromatic N) is 2. The van der Waals surface area contributed by atoms with E-state index in [2.05, 4.69) is 26.1 Å². The number of benzene rings is 1. The minimum absolute atomic E-state index is 0.00783. The fraction of sp³-hybridized carbons (Fsp3) is 0.571. The smallest absolute Gasteiger partial charge is 0.244 e. The van der Waals surface area contributed by atoms with Gasteiger partial charge in [-0.25, -0.2) is 12.8 Å². The zero-order chi connectivity index (χ0) is 15.7. The topological polar surface area (TPSA) is 52.7 Å². The molecule has 2 heterocycles. The Bertz CT molecular complexity index is 649. The van der Waals surface area contributed by atoms with Gasteiger partial charge in [0, 0.05) is 49.8 Å². The Hall–Kier alpha value is -0.540. The second-order valence-electron chi connectivity index (χ2n) is 5.67. The highest BCUT2D eigenvalue weighted by molar-refractivity contribution is 9.10. The van der Waals surface area contributed by atoms with Gasteiger partial charge in [-0.1, -0.05) is 0 Å². The second-order valence-corrected chi connectivity index (χ2v) is 8.43. The van der Waals surface area contributed by atoms with Gasteiger partial charge in [0.2, 0.25) is 10.0 Å². The molecule has 1 aromatic carbocycles. The number of rotatable bonds is 3. The lowest BCUT2D eigenvalue weighted by Crippen LogP contribution is -2.49. The summed E-state index contributed by atoms with van der Waals surface area (Å²) >= 11 is 3.21. The number of nitrogens with one attached hydrogen (secondary N) is 1. The largest absolute Gasteiger partial charge is 0.314 e. The molecule has 2 fully saturated rings. The maximum Gasteiger partial charge on any atom is 0.244 e. The van der Waals surface area contributed by atoms with E-state index in [4.69, 9.17) is 0 Å². The molecule has 0 amide bonds. The van der Waals surface area contributed by atoms with Crippen LogP contribution in [0.3, 0.4) is 0 Å². The van der Waals surface area contributed by atoms with E-state index in [1.807, 2.05) is 0 Å². The standard InChI is InChI=1S/C14H19BrFN3O2S/c15-13-2-1-11(16)9-14(13)22(20,21)19-6-3-12(10-19)18-7-4-17-5-8-18/h1-2,9,12,17H,3-8,10H2. The van der Waals surface area contributed by atoms with Gasteiger partial charge in [0.25, 0.3) is 0 Å². The van der Waals surface area contributed by atoms with Crippen LogP contribution in [-0.4, -0.2) is 62.9 Å². The van der Waals surface area contributed by atoms with Gasteiger partial charge in [-0.05, 0) is 40.5 Å². The lowest BCUT2D eigenvalue weighted by molar-refractivity contribution is 0.179. The molecule has 1 N–H and O–H groups in total. The van der Waals surface area contributed by atoms with Gasteiger partial charge in [-0.2, -0.15) is 4.31 Å². The highest BCUT2D eigenvalue weighted by Gasteiger charge is 2.36. The summed E-state index contributed by atoms with van der Waals surface area (Å²) in [7, 11) is -3.66. The van der Waals surface area contributed by atoms with Crippen LogP contribution in [0.4, 0.5) is 4.39 Å². The molecule has 22 heavy (non-hydrogen) atoms. The molecule has 0 saturated carbocycles. The Morgan fingerprint density at radius 2 is 1.95 bits per heavy atom. The Labute approximate surface area is 138 Å². The predicted octanol–water partition coefficient (Wildman–Crippen LogP) is 1.26. The fourth-order valence-electron chi connectivity index (χ4n) is 3.09. The van der Waals surface area contributed by atoms with Gasteiger partial charge in [-0.15, -0.1) is 0 Å². The molecule has 2 aliphatic heterocycles. The average Bonchev–Trinajstić information content (AvgIpc) is 3.01. The van der Waals surface area contributed by atoms with Crippen LogP contribution in [0.5, 0.6) is 0 Å². The van der Waals surface area contributed by atoms with Crippen LogP contribution in [0.15, 0.2) is 27.6 Å². The highest BCUT2D eigenvalue weighted by Crippen LogP contribution is 2.29. The van der Waals surface area contributed by atoms with E-state index in [0.717, 1.165) is 38.7 Å². The zero-order valence-corrected chi connectivity index (χ0v) is 14.5. The Morgan fingerprint density at radius 3 is 2.68 bits per heavy atom. The van der Waals surface area contributed by atoms with E-state index in [9.17, 15) is 12.8 Å². The minimum atomic E-state index is -3.66. The van der Waals surface area contributed by atoms with Gasteiger partial charge < -0.3 is 5.32 Å². The predicted molar refractivity (Wildman–Crippen MR) is 85.7 cm³/mol. The molecule has 0 aromatic heterocycles. The molecule has 0 bridgehead atoms. The van der Waals surface area contributed by atoms with Crippen LogP contribution in [0.2, 0.25) is 0 Å². The van der Waals surface area contributed by atoms with E-state index in [0.29, 0.717) is 17.6 Å². The van der Waals surface area contributed by atoms with Crippen LogP contribution >= 0.6 is 15.9 Å². The van der Waals surface area contributed by atoms with Crippen LogP contribution in [0.25, 0.3) is 0 Å². The number of piperazine rings is 1. The Morgan fingerprint density at radius 1 is 1.23 bits per heavy atom. The van der Waals surface area contributed by atoms with Gasteiger partial charge in [0.05, 0.1) is 4.90 Å². The van der Waals surface area contributed by atoms with Crippen molar-refractivity contribution in [2.24, 2.45) is 0 Å². The number of hydrogen-bond donors (Lipinski definition) is 1. The zero-order valence-electron chi connectivity index (χ0n) is 12.1. The van der Waals surface area contributed by atoms with Crippen LogP contribution < -0.4 is 5.32 Å². The summed E-state index contributed by atoms with van der Waals surface area (Å²) in [6.45, 7) is 4.74. The van der Waals surface area contributed by atoms with Crippen molar-refractivity contribution in [3.8, 4) is 0 Å². The lowest BCUT2D eigenvalue weighted by atomic mass is 10.2. The summed E-state index contributed by atoms with van der Waals surface area (Å²) in [5.41, 5.74) is 0. The first-order valence-corrected chi connectivity index (χ1v) is 9.62. The van der Waals surface area contributed by atoms with E-state index >= 15 is 0 Å². The third-order valence-electron chi connectivity index (χ3n) is 4.31. The third kappa shape index (κ3) is 3.21. The monoisotopic (exact) mass is 391 g/mol. The highest BCUT2D eigenvalue weighted by atomic mass is 79.9. The van der Waals surface area contributed by atoms with Crippen LogP contribution in [0, 0.1) is 5.82 Å². The lowest BCUT2D eigenvalue weighted by Gasteiger charge is -2.32. The quantitative estimate of drug-likeness (QED) is 0.842. The molecule has 2 saturated heterocycles. The second kappa shape index (κ2) is 6.52. The molecule has 1 unspecified atom stereocenters. The van der Waals surface area contributed by atoms with Crippen molar-refractivity contribution in [3.63, 3.8) is 0 Å². The van der Waals surface area contributed by atoms with E-state index in [1.54, 1.807) is 0 Å². The van der Waals surface area contributed by atoms with Crippen molar-refractivity contribution in [1.82, 2.24) is 14.5 Å². The Kier molecular flexibility index (Phi) is 4.84. The van der Waals surface area contributed by atoms with Crippen molar-refractivity contribution < 1.29 is 12.8 Å². The average molecular weight is 392 g/mol. The molecule has 1 aromatic rings. The molecule has 3 rings (SSSR count). The maximum absolute atomic E-state index is 13.4. The molecule has 1 atom stereocenters. The summed E-state index contributed by atoms with van der Waals surface area (Å²) in [4.78, 5) is 2.35. The summed E-state index contributed by atoms with van der Waals surface area (Å²) < 4.78 is 40.8. The minimum Gasteiger partial charge on any atom is -0.314 e. The van der Waals surface area contributed by atoms with E-state index in [-0.39, 0.29) is 10.9 Å².